The third-order valence-electron chi connectivity index (χ3n) is 3.27. The molecular weight excluding hydrogens is 253 g/mol. The summed E-state index contributed by atoms with van der Waals surface area (Å²) in [5.74, 6) is -0.129. The fourth-order valence-electron chi connectivity index (χ4n) is 1.79. The number of hydrogen-bond donors (Lipinski definition) is 1. The van der Waals surface area contributed by atoms with Gasteiger partial charge in [-0.1, -0.05) is 20.3 Å². The molecule has 1 aromatic carbocycles. The first kappa shape index (κ1) is 15.1. The highest BCUT2D eigenvalue weighted by Crippen LogP contribution is 2.16. The molecule has 0 aliphatic rings. The lowest BCUT2D eigenvalue weighted by molar-refractivity contribution is 0.414. The topological polar surface area (TPSA) is 46.2 Å². The zero-order valence-electron chi connectivity index (χ0n) is 11.0. The fraction of sp³-hybridized carbons (Fsp3) is 0.538. The van der Waals surface area contributed by atoms with Gasteiger partial charge in [0, 0.05) is 6.04 Å². The molecule has 0 aliphatic heterocycles. The Morgan fingerprint density at radius 3 is 2.28 bits per heavy atom. The van der Waals surface area contributed by atoms with Crippen LogP contribution in [0.4, 0.5) is 4.39 Å². The Bertz CT molecular complexity index is 470. The van der Waals surface area contributed by atoms with E-state index in [2.05, 4.69) is 5.32 Å². The minimum atomic E-state index is -3.37. The van der Waals surface area contributed by atoms with E-state index in [1.54, 1.807) is 7.05 Å². The lowest BCUT2D eigenvalue weighted by atomic mass is 10.0. The van der Waals surface area contributed by atoms with E-state index in [9.17, 15) is 12.8 Å². The standard InChI is InChI=1S/C13H20FNO2S/c1-4-10(2)13(15-3)9-18(16,17)12-7-5-11(14)6-8-12/h5-8,10,13,15H,4,9H2,1-3H3. The van der Waals surface area contributed by atoms with Crippen LogP contribution in [0.15, 0.2) is 29.2 Å². The van der Waals surface area contributed by atoms with Crippen molar-refractivity contribution in [2.24, 2.45) is 5.92 Å². The van der Waals surface area contributed by atoms with E-state index in [0.29, 0.717) is 0 Å². The molecule has 0 aliphatic carbocycles. The number of benzene rings is 1. The van der Waals surface area contributed by atoms with E-state index in [-0.39, 0.29) is 22.6 Å². The average molecular weight is 273 g/mol. The van der Waals surface area contributed by atoms with Crippen molar-refractivity contribution in [3.05, 3.63) is 30.1 Å². The average Bonchev–Trinajstić information content (AvgIpc) is 2.35. The van der Waals surface area contributed by atoms with E-state index < -0.39 is 15.7 Å². The molecule has 2 atom stereocenters. The summed E-state index contributed by atoms with van der Waals surface area (Å²) in [6.07, 6.45) is 0.907. The summed E-state index contributed by atoms with van der Waals surface area (Å²) in [5, 5.41) is 3.04. The van der Waals surface area contributed by atoms with E-state index >= 15 is 0 Å². The summed E-state index contributed by atoms with van der Waals surface area (Å²) in [6.45, 7) is 4.04. The minimum Gasteiger partial charge on any atom is -0.316 e. The summed E-state index contributed by atoms with van der Waals surface area (Å²) in [7, 11) is -1.61. The predicted molar refractivity (Wildman–Crippen MR) is 70.8 cm³/mol. The van der Waals surface area contributed by atoms with Gasteiger partial charge in [0.05, 0.1) is 10.6 Å². The van der Waals surface area contributed by atoms with Crippen LogP contribution in [0.3, 0.4) is 0 Å². The zero-order chi connectivity index (χ0) is 13.8. The van der Waals surface area contributed by atoms with Gasteiger partial charge in [0.25, 0.3) is 0 Å². The van der Waals surface area contributed by atoms with Crippen molar-refractivity contribution < 1.29 is 12.8 Å². The molecule has 0 spiro atoms. The molecule has 5 heteroatoms. The number of nitrogens with one attached hydrogen (secondary N) is 1. The molecule has 1 rings (SSSR count). The second-order valence-electron chi connectivity index (χ2n) is 4.52. The van der Waals surface area contributed by atoms with Gasteiger partial charge in [-0.05, 0) is 37.2 Å². The molecule has 3 nitrogen and oxygen atoms in total. The van der Waals surface area contributed by atoms with Crippen LogP contribution in [-0.4, -0.2) is 27.3 Å². The van der Waals surface area contributed by atoms with Gasteiger partial charge < -0.3 is 5.32 Å². The van der Waals surface area contributed by atoms with Crippen LogP contribution in [0.2, 0.25) is 0 Å². The maximum absolute atomic E-state index is 12.8. The van der Waals surface area contributed by atoms with E-state index in [1.165, 1.54) is 24.3 Å². The maximum Gasteiger partial charge on any atom is 0.179 e. The largest absolute Gasteiger partial charge is 0.316 e. The summed E-state index contributed by atoms with van der Waals surface area (Å²) in [4.78, 5) is 0.174. The molecule has 0 bridgehead atoms. The highest BCUT2D eigenvalue weighted by Gasteiger charge is 2.23. The third kappa shape index (κ3) is 3.78. The summed E-state index contributed by atoms with van der Waals surface area (Å²) in [5.41, 5.74) is 0. The first-order valence-electron chi connectivity index (χ1n) is 6.06. The second kappa shape index (κ2) is 6.29. The Balaban J connectivity index is 2.90. The number of halogens is 1. The Hall–Kier alpha value is -0.940. The van der Waals surface area contributed by atoms with E-state index in [0.717, 1.165) is 6.42 Å². The van der Waals surface area contributed by atoms with Crippen molar-refractivity contribution in [2.45, 2.75) is 31.2 Å². The van der Waals surface area contributed by atoms with Gasteiger partial charge in [-0.3, -0.25) is 0 Å². The van der Waals surface area contributed by atoms with Crippen LogP contribution >= 0.6 is 0 Å². The fourth-order valence-corrected chi connectivity index (χ4v) is 3.50. The van der Waals surface area contributed by atoms with Crippen molar-refractivity contribution in [3.63, 3.8) is 0 Å². The van der Waals surface area contributed by atoms with Gasteiger partial charge in [-0.2, -0.15) is 0 Å². The van der Waals surface area contributed by atoms with Crippen molar-refractivity contribution in [1.29, 1.82) is 0 Å². The molecular formula is C13H20FNO2S. The number of sulfone groups is 1. The van der Waals surface area contributed by atoms with Crippen LogP contribution in [0, 0.1) is 11.7 Å². The molecule has 2 unspecified atom stereocenters. The molecule has 102 valence electrons. The van der Waals surface area contributed by atoms with Crippen molar-refractivity contribution in [1.82, 2.24) is 5.32 Å². The highest BCUT2D eigenvalue weighted by atomic mass is 32.2. The molecule has 1 N–H and O–H groups in total. The normalized spacial score (nSPS) is 15.3. The molecule has 0 saturated heterocycles. The van der Waals surface area contributed by atoms with Gasteiger partial charge in [-0.25, -0.2) is 12.8 Å². The van der Waals surface area contributed by atoms with Crippen LogP contribution in [0.1, 0.15) is 20.3 Å². The lowest BCUT2D eigenvalue weighted by Gasteiger charge is -2.22. The SMILES string of the molecule is CCC(C)C(CS(=O)(=O)c1ccc(F)cc1)NC. The summed E-state index contributed by atoms with van der Waals surface area (Å²) in [6, 6.07) is 4.88. The zero-order valence-corrected chi connectivity index (χ0v) is 11.8. The van der Waals surface area contributed by atoms with Gasteiger partial charge >= 0.3 is 0 Å². The van der Waals surface area contributed by atoms with Crippen molar-refractivity contribution in [3.8, 4) is 0 Å². The second-order valence-corrected chi connectivity index (χ2v) is 6.55. The van der Waals surface area contributed by atoms with Crippen LogP contribution in [0.5, 0.6) is 0 Å². The van der Waals surface area contributed by atoms with Gasteiger partial charge in [0.1, 0.15) is 5.82 Å². The Labute approximate surface area is 108 Å². The quantitative estimate of drug-likeness (QED) is 0.809. The van der Waals surface area contributed by atoms with Gasteiger partial charge in [-0.15, -0.1) is 0 Å². The van der Waals surface area contributed by atoms with Crippen molar-refractivity contribution >= 4 is 9.84 Å². The van der Waals surface area contributed by atoms with Gasteiger partial charge in [0.2, 0.25) is 0 Å². The Morgan fingerprint density at radius 1 is 1.28 bits per heavy atom. The molecule has 0 radical (unpaired) electrons. The maximum atomic E-state index is 12.8. The van der Waals surface area contributed by atoms with E-state index in [4.69, 9.17) is 0 Å². The molecule has 0 aromatic heterocycles. The molecule has 18 heavy (non-hydrogen) atoms. The first-order valence-corrected chi connectivity index (χ1v) is 7.71. The number of hydrogen-bond acceptors (Lipinski definition) is 3. The lowest BCUT2D eigenvalue weighted by Crippen LogP contribution is -2.38. The highest BCUT2D eigenvalue weighted by molar-refractivity contribution is 7.91. The third-order valence-corrected chi connectivity index (χ3v) is 5.06. The van der Waals surface area contributed by atoms with Crippen molar-refractivity contribution in [2.75, 3.05) is 12.8 Å². The minimum absolute atomic E-state index is 0.0319. The molecule has 0 heterocycles. The summed E-state index contributed by atoms with van der Waals surface area (Å²) < 4.78 is 37.1. The van der Waals surface area contributed by atoms with Crippen LogP contribution in [0.25, 0.3) is 0 Å². The molecule has 1 aromatic rings. The molecule has 0 fully saturated rings. The monoisotopic (exact) mass is 273 g/mol. The van der Waals surface area contributed by atoms with E-state index in [1.807, 2.05) is 13.8 Å². The number of rotatable bonds is 6. The molecule has 0 saturated carbocycles. The van der Waals surface area contributed by atoms with Crippen LogP contribution in [-0.2, 0) is 9.84 Å². The smallest absolute Gasteiger partial charge is 0.179 e. The Morgan fingerprint density at radius 2 is 1.83 bits per heavy atom. The molecule has 0 amide bonds. The predicted octanol–water partition coefficient (Wildman–Crippen LogP) is 2.23. The Kier molecular flexibility index (Phi) is 5.28. The summed E-state index contributed by atoms with van der Waals surface area (Å²) >= 11 is 0. The van der Waals surface area contributed by atoms with Gasteiger partial charge in [0.15, 0.2) is 9.84 Å². The first-order chi connectivity index (χ1) is 8.40. The van der Waals surface area contributed by atoms with Crippen LogP contribution < -0.4 is 5.32 Å².